The van der Waals surface area contributed by atoms with Gasteiger partial charge in [-0.1, -0.05) is 52.0 Å². The van der Waals surface area contributed by atoms with Crippen molar-refractivity contribution < 1.29 is 4.79 Å². The third kappa shape index (κ3) is 5.73. The average Bonchev–Trinajstić information content (AvgIpc) is 2.27. The maximum absolute atomic E-state index is 12.1. The predicted octanol–water partition coefficient (Wildman–Crippen LogP) is 4.64. The van der Waals surface area contributed by atoms with Crippen molar-refractivity contribution in [3.63, 3.8) is 0 Å². The molecule has 0 atom stereocenters. The van der Waals surface area contributed by atoms with Gasteiger partial charge in [0.05, 0.1) is 0 Å². The fourth-order valence-electron chi connectivity index (χ4n) is 2.53. The van der Waals surface area contributed by atoms with Crippen LogP contribution < -0.4 is 5.32 Å². The summed E-state index contributed by atoms with van der Waals surface area (Å²) in [6.07, 6.45) is 3.41. The normalized spacial score (nSPS) is 12.0. The molecule has 2 nitrogen and oxygen atoms in total. The molecule has 0 aromatic heterocycles. The molecule has 1 aromatic rings. The Kier molecular flexibility index (Phi) is 4.93. The Labute approximate surface area is 116 Å². The summed E-state index contributed by atoms with van der Waals surface area (Å²) in [6, 6.07) is 9.58. The van der Waals surface area contributed by atoms with Crippen LogP contribution in [0.15, 0.2) is 43.0 Å². The van der Waals surface area contributed by atoms with Crippen LogP contribution in [-0.4, -0.2) is 5.91 Å². The van der Waals surface area contributed by atoms with Gasteiger partial charge in [-0.15, -0.1) is 6.58 Å². The van der Waals surface area contributed by atoms with Crippen LogP contribution in [0.25, 0.3) is 0 Å². The first kappa shape index (κ1) is 15.5. The van der Waals surface area contributed by atoms with Crippen LogP contribution in [0.2, 0.25) is 0 Å². The maximum Gasteiger partial charge on any atom is 0.224 e. The third-order valence-corrected chi connectivity index (χ3v) is 3.18. The molecule has 0 bridgehead atoms. The summed E-state index contributed by atoms with van der Waals surface area (Å²) in [5.74, 6) is 0.0658. The van der Waals surface area contributed by atoms with Gasteiger partial charge in [-0.2, -0.15) is 0 Å². The summed E-state index contributed by atoms with van der Waals surface area (Å²) in [4.78, 5) is 12.1. The van der Waals surface area contributed by atoms with Crippen molar-refractivity contribution in [2.45, 2.75) is 40.5 Å². The minimum atomic E-state index is -0.0451. The fourth-order valence-corrected chi connectivity index (χ4v) is 2.53. The SMILES string of the molecule is C=CC(C)(C)CC(C)(C)CC(=O)Nc1ccccc1. The van der Waals surface area contributed by atoms with Crippen LogP contribution >= 0.6 is 0 Å². The molecule has 1 amide bonds. The van der Waals surface area contributed by atoms with Gasteiger partial charge < -0.3 is 5.32 Å². The summed E-state index contributed by atoms with van der Waals surface area (Å²) in [7, 11) is 0. The van der Waals surface area contributed by atoms with E-state index in [1.165, 1.54) is 0 Å². The first-order chi connectivity index (χ1) is 8.74. The number of nitrogens with one attached hydrogen (secondary N) is 1. The molecule has 1 rings (SSSR count). The molecule has 1 N–H and O–H groups in total. The number of para-hydroxylation sites is 1. The summed E-state index contributed by atoms with van der Waals surface area (Å²) < 4.78 is 0. The number of anilines is 1. The van der Waals surface area contributed by atoms with Crippen LogP contribution in [0.5, 0.6) is 0 Å². The van der Waals surface area contributed by atoms with Crippen molar-refractivity contribution in [2.24, 2.45) is 10.8 Å². The molecule has 19 heavy (non-hydrogen) atoms. The highest BCUT2D eigenvalue weighted by Gasteiger charge is 2.28. The molecule has 0 saturated carbocycles. The Hall–Kier alpha value is -1.57. The summed E-state index contributed by atoms with van der Waals surface area (Å²) in [6.45, 7) is 12.4. The molecule has 0 saturated heterocycles. The van der Waals surface area contributed by atoms with Crippen LogP contribution in [0.1, 0.15) is 40.5 Å². The van der Waals surface area contributed by atoms with Crippen molar-refractivity contribution in [2.75, 3.05) is 5.32 Å². The van der Waals surface area contributed by atoms with E-state index in [2.05, 4.69) is 39.6 Å². The minimum absolute atomic E-state index is 0.0451. The zero-order valence-corrected chi connectivity index (χ0v) is 12.5. The molecule has 0 radical (unpaired) electrons. The van der Waals surface area contributed by atoms with Crippen LogP contribution in [0, 0.1) is 10.8 Å². The molecule has 0 fully saturated rings. The second-order valence-electron chi connectivity index (χ2n) is 6.62. The van der Waals surface area contributed by atoms with Gasteiger partial charge >= 0.3 is 0 Å². The largest absolute Gasteiger partial charge is 0.326 e. The van der Waals surface area contributed by atoms with Gasteiger partial charge in [0.1, 0.15) is 0 Å². The van der Waals surface area contributed by atoms with E-state index in [4.69, 9.17) is 0 Å². The van der Waals surface area contributed by atoms with Crippen LogP contribution in [-0.2, 0) is 4.79 Å². The molecule has 0 unspecified atom stereocenters. The molecule has 1 aromatic carbocycles. The maximum atomic E-state index is 12.1. The number of carbonyl (C=O) groups is 1. The molecular formula is C17H25NO. The zero-order chi connectivity index (χ0) is 14.5. The molecule has 2 heteroatoms. The quantitative estimate of drug-likeness (QED) is 0.741. The molecular weight excluding hydrogens is 234 g/mol. The van der Waals surface area contributed by atoms with E-state index in [0.717, 1.165) is 12.1 Å². The topological polar surface area (TPSA) is 29.1 Å². The highest BCUT2D eigenvalue weighted by molar-refractivity contribution is 5.91. The fraction of sp³-hybridized carbons (Fsp3) is 0.471. The lowest BCUT2D eigenvalue weighted by Crippen LogP contribution is -2.27. The van der Waals surface area contributed by atoms with E-state index >= 15 is 0 Å². The second kappa shape index (κ2) is 6.05. The lowest BCUT2D eigenvalue weighted by molar-refractivity contribution is -0.118. The van der Waals surface area contributed by atoms with E-state index < -0.39 is 0 Å². The van der Waals surface area contributed by atoms with Crippen molar-refractivity contribution in [1.29, 1.82) is 0 Å². The van der Waals surface area contributed by atoms with E-state index in [1.807, 2.05) is 36.4 Å². The lowest BCUT2D eigenvalue weighted by Gasteiger charge is -2.32. The number of hydrogen-bond acceptors (Lipinski definition) is 1. The van der Waals surface area contributed by atoms with Crippen molar-refractivity contribution in [3.05, 3.63) is 43.0 Å². The standard InChI is InChI=1S/C17H25NO/c1-6-16(2,3)13-17(4,5)12-15(19)18-14-10-8-7-9-11-14/h6-11H,1,12-13H2,2-5H3,(H,18,19). The molecule has 0 aliphatic rings. The van der Waals surface area contributed by atoms with Gasteiger partial charge in [0, 0.05) is 12.1 Å². The first-order valence-electron chi connectivity index (χ1n) is 6.73. The van der Waals surface area contributed by atoms with Gasteiger partial charge in [0.2, 0.25) is 5.91 Å². The van der Waals surface area contributed by atoms with Crippen molar-refractivity contribution >= 4 is 11.6 Å². The number of hydrogen-bond donors (Lipinski definition) is 1. The molecule has 0 aliphatic heterocycles. The highest BCUT2D eigenvalue weighted by atomic mass is 16.1. The first-order valence-corrected chi connectivity index (χ1v) is 6.73. The third-order valence-electron chi connectivity index (χ3n) is 3.18. The van der Waals surface area contributed by atoms with Gasteiger partial charge in [0.25, 0.3) is 0 Å². The summed E-state index contributed by atoms with van der Waals surface area (Å²) >= 11 is 0. The van der Waals surface area contributed by atoms with E-state index in [0.29, 0.717) is 6.42 Å². The number of amides is 1. The average molecular weight is 259 g/mol. The highest BCUT2D eigenvalue weighted by Crippen LogP contribution is 2.36. The molecule has 0 aliphatic carbocycles. The van der Waals surface area contributed by atoms with E-state index in [-0.39, 0.29) is 16.7 Å². The second-order valence-corrected chi connectivity index (χ2v) is 6.62. The smallest absolute Gasteiger partial charge is 0.224 e. The van der Waals surface area contributed by atoms with Gasteiger partial charge in [-0.05, 0) is 29.4 Å². The van der Waals surface area contributed by atoms with Gasteiger partial charge in [0.15, 0.2) is 0 Å². The van der Waals surface area contributed by atoms with Crippen molar-refractivity contribution in [3.8, 4) is 0 Å². The number of carbonyl (C=O) groups excluding carboxylic acids is 1. The van der Waals surface area contributed by atoms with Crippen LogP contribution in [0.3, 0.4) is 0 Å². The Morgan fingerprint density at radius 3 is 2.32 bits per heavy atom. The molecule has 0 spiro atoms. The number of allylic oxidation sites excluding steroid dienone is 1. The zero-order valence-electron chi connectivity index (χ0n) is 12.5. The Bertz CT molecular complexity index is 432. The Morgan fingerprint density at radius 2 is 1.79 bits per heavy atom. The van der Waals surface area contributed by atoms with Gasteiger partial charge in [-0.25, -0.2) is 0 Å². The number of rotatable bonds is 6. The van der Waals surface area contributed by atoms with Gasteiger partial charge in [-0.3, -0.25) is 4.79 Å². The van der Waals surface area contributed by atoms with Crippen LogP contribution in [0.4, 0.5) is 5.69 Å². The molecule has 104 valence electrons. The predicted molar refractivity (Wildman–Crippen MR) is 82.1 cm³/mol. The van der Waals surface area contributed by atoms with E-state index in [1.54, 1.807) is 0 Å². The van der Waals surface area contributed by atoms with Crippen molar-refractivity contribution in [1.82, 2.24) is 0 Å². The summed E-state index contributed by atoms with van der Waals surface area (Å²) in [5.41, 5.74) is 0.860. The lowest BCUT2D eigenvalue weighted by atomic mass is 9.73. The minimum Gasteiger partial charge on any atom is -0.326 e. The molecule has 0 heterocycles. The Morgan fingerprint density at radius 1 is 1.21 bits per heavy atom. The monoisotopic (exact) mass is 259 g/mol. The van der Waals surface area contributed by atoms with E-state index in [9.17, 15) is 4.79 Å². The summed E-state index contributed by atoms with van der Waals surface area (Å²) in [5, 5.41) is 2.94. The number of benzene rings is 1. The Balaban J connectivity index is 2.58.